The van der Waals surface area contributed by atoms with Crippen molar-refractivity contribution in [1.29, 1.82) is 0 Å². The third-order valence-corrected chi connectivity index (χ3v) is 5.00. The number of nitrogens with one attached hydrogen (secondary N) is 2. The van der Waals surface area contributed by atoms with Crippen LogP contribution in [0.5, 0.6) is 0 Å². The minimum atomic E-state index is -4.90. The number of sulfonamides is 1. The Kier molecular flexibility index (Phi) is 7.16. The van der Waals surface area contributed by atoms with E-state index in [0.717, 1.165) is 25.1 Å². The molecule has 0 heterocycles. The van der Waals surface area contributed by atoms with E-state index in [0.29, 0.717) is 12.5 Å². The van der Waals surface area contributed by atoms with Crippen molar-refractivity contribution < 1.29 is 36.3 Å². The zero-order valence-electron chi connectivity index (χ0n) is 14.0. The highest BCUT2D eigenvalue weighted by molar-refractivity contribution is 7.89. The van der Waals surface area contributed by atoms with Crippen LogP contribution in [0.25, 0.3) is 0 Å². The van der Waals surface area contributed by atoms with E-state index in [-0.39, 0.29) is 6.42 Å². The monoisotopic (exact) mass is 396 g/mol. The van der Waals surface area contributed by atoms with Crippen LogP contribution in [0, 0.1) is 0 Å². The largest absolute Gasteiger partial charge is 0.480 e. The van der Waals surface area contributed by atoms with Gasteiger partial charge in [0.1, 0.15) is 6.04 Å². The van der Waals surface area contributed by atoms with E-state index in [1.807, 2.05) is 4.72 Å². The fourth-order valence-corrected chi connectivity index (χ4v) is 3.56. The van der Waals surface area contributed by atoms with Gasteiger partial charge in [-0.3, -0.25) is 4.79 Å². The van der Waals surface area contributed by atoms with Crippen molar-refractivity contribution in [3.63, 3.8) is 0 Å². The Morgan fingerprint density at radius 1 is 1.23 bits per heavy atom. The Balaban J connectivity index is 3.00. The number of hydrogen-bond acceptors (Lipinski definition) is 4. The van der Waals surface area contributed by atoms with E-state index < -0.39 is 50.6 Å². The van der Waals surface area contributed by atoms with E-state index in [2.05, 4.69) is 5.32 Å². The van der Waals surface area contributed by atoms with Crippen molar-refractivity contribution in [2.45, 2.75) is 49.8 Å². The highest BCUT2D eigenvalue weighted by Crippen LogP contribution is 2.33. The Morgan fingerprint density at radius 3 is 2.31 bits per heavy atom. The van der Waals surface area contributed by atoms with E-state index in [1.54, 1.807) is 6.92 Å². The van der Waals surface area contributed by atoms with E-state index >= 15 is 0 Å². The number of benzene rings is 1. The molecule has 0 aromatic heterocycles. The quantitative estimate of drug-likeness (QED) is 0.620. The second-order valence-electron chi connectivity index (χ2n) is 5.52. The van der Waals surface area contributed by atoms with Gasteiger partial charge in [0.15, 0.2) is 0 Å². The van der Waals surface area contributed by atoms with Gasteiger partial charge in [-0.2, -0.15) is 17.9 Å². The predicted molar refractivity (Wildman–Crippen MR) is 85.7 cm³/mol. The number of carboxylic acids is 1. The third kappa shape index (κ3) is 5.70. The number of hydrogen-bond donors (Lipinski definition) is 3. The summed E-state index contributed by atoms with van der Waals surface area (Å²) < 4.78 is 65.3. The number of aliphatic carboxylic acids is 1. The molecule has 0 saturated carbocycles. The van der Waals surface area contributed by atoms with E-state index in [9.17, 15) is 31.2 Å². The summed E-state index contributed by atoms with van der Waals surface area (Å²) in [5.41, 5.74) is -1.37. The summed E-state index contributed by atoms with van der Waals surface area (Å²) in [6, 6.07) is 0.853. The lowest BCUT2D eigenvalue weighted by Crippen LogP contribution is -2.50. The average molecular weight is 396 g/mol. The molecule has 146 valence electrons. The molecule has 2 atom stereocenters. The van der Waals surface area contributed by atoms with Crippen LogP contribution in [-0.2, 0) is 25.8 Å². The molecule has 0 aliphatic heterocycles. The van der Waals surface area contributed by atoms with Gasteiger partial charge in [-0.25, -0.2) is 13.2 Å². The van der Waals surface area contributed by atoms with Gasteiger partial charge >= 0.3 is 12.1 Å². The maximum Gasteiger partial charge on any atom is 0.417 e. The smallest absolute Gasteiger partial charge is 0.417 e. The van der Waals surface area contributed by atoms with Crippen LogP contribution in [0.15, 0.2) is 29.2 Å². The fraction of sp³-hybridized carbons (Fsp3) is 0.467. The molecule has 3 N–H and O–H groups in total. The van der Waals surface area contributed by atoms with Gasteiger partial charge in [-0.15, -0.1) is 0 Å². The first-order valence-electron chi connectivity index (χ1n) is 7.62. The number of alkyl halides is 3. The summed E-state index contributed by atoms with van der Waals surface area (Å²) in [5, 5.41) is 11.1. The van der Waals surface area contributed by atoms with Gasteiger partial charge in [0.05, 0.1) is 16.5 Å². The Labute approximate surface area is 148 Å². The lowest BCUT2D eigenvalue weighted by molar-refractivity contribution is -0.142. The topological polar surface area (TPSA) is 113 Å². The lowest BCUT2D eigenvalue weighted by atomic mass is 10.1. The van der Waals surface area contributed by atoms with E-state index in [4.69, 9.17) is 5.11 Å². The first-order valence-corrected chi connectivity index (χ1v) is 9.10. The second-order valence-corrected chi connectivity index (χ2v) is 7.21. The van der Waals surface area contributed by atoms with Crippen LogP contribution < -0.4 is 10.0 Å². The predicted octanol–water partition coefficient (Wildman–Crippen LogP) is 1.74. The molecule has 26 heavy (non-hydrogen) atoms. The molecule has 0 radical (unpaired) electrons. The second kappa shape index (κ2) is 8.49. The standard InChI is InChI=1S/C15H19F3N2O5S/c1-3-6-11(14(22)23)19-13(21)9(2)20-26(24,25)12-8-5-4-7-10(12)15(16,17)18/h4-5,7-9,11,20H,3,6H2,1-2H3,(H,19,21)(H,22,23). The number of amides is 1. The summed E-state index contributed by atoms with van der Waals surface area (Å²) in [6.45, 7) is 2.80. The molecular weight excluding hydrogens is 377 g/mol. The van der Waals surface area contributed by atoms with Crippen molar-refractivity contribution in [3.8, 4) is 0 Å². The molecule has 7 nitrogen and oxygen atoms in total. The molecule has 1 amide bonds. The van der Waals surface area contributed by atoms with Crippen molar-refractivity contribution in [2.24, 2.45) is 0 Å². The number of carboxylic acid groups (broad SMARTS) is 1. The molecule has 0 fully saturated rings. The Hall–Kier alpha value is -2.14. The van der Waals surface area contributed by atoms with Crippen LogP contribution in [-0.4, -0.2) is 37.5 Å². The van der Waals surface area contributed by atoms with Crippen molar-refractivity contribution in [2.75, 3.05) is 0 Å². The summed E-state index contributed by atoms with van der Waals surface area (Å²) in [5.74, 6) is -2.25. The van der Waals surface area contributed by atoms with Gasteiger partial charge in [0.25, 0.3) is 0 Å². The van der Waals surface area contributed by atoms with Crippen LogP contribution >= 0.6 is 0 Å². The van der Waals surface area contributed by atoms with Crippen molar-refractivity contribution in [3.05, 3.63) is 29.8 Å². The van der Waals surface area contributed by atoms with Gasteiger partial charge in [-0.1, -0.05) is 25.5 Å². The van der Waals surface area contributed by atoms with Crippen molar-refractivity contribution >= 4 is 21.9 Å². The number of halogens is 3. The maximum atomic E-state index is 13.0. The number of carbonyl (C=O) groups excluding carboxylic acids is 1. The molecule has 2 unspecified atom stereocenters. The van der Waals surface area contributed by atoms with Crippen LogP contribution in [0.4, 0.5) is 13.2 Å². The molecular formula is C15H19F3N2O5S. The highest BCUT2D eigenvalue weighted by Gasteiger charge is 2.37. The van der Waals surface area contributed by atoms with Crippen LogP contribution in [0.3, 0.4) is 0 Å². The molecule has 1 rings (SSSR count). The Morgan fingerprint density at radius 2 is 1.81 bits per heavy atom. The molecule has 0 aliphatic rings. The summed E-state index contributed by atoms with van der Waals surface area (Å²) >= 11 is 0. The first-order chi connectivity index (χ1) is 11.9. The normalized spacial score (nSPS) is 14.5. The summed E-state index contributed by atoms with van der Waals surface area (Å²) in [6.07, 6.45) is -4.32. The third-order valence-electron chi connectivity index (χ3n) is 3.40. The molecule has 0 aliphatic carbocycles. The lowest BCUT2D eigenvalue weighted by Gasteiger charge is -2.19. The molecule has 0 bridgehead atoms. The Bertz CT molecular complexity index is 765. The maximum absolute atomic E-state index is 13.0. The first kappa shape index (κ1) is 21.9. The van der Waals surface area contributed by atoms with Crippen LogP contribution in [0.2, 0.25) is 0 Å². The van der Waals surface area contributed by atoms with Gasteiger partial charge in [0.2, 0.25) is 15.9 Å². The van der Waals surface area contributed by atoms with E-state index in [1.165, 1.54) is 0 Å². The molecule has 0 spiro atoms. The molecule has 11 heteroatoms. The molecule has 1 aromatic rings. The fourth-order valence-electron chi connectivity index (χ4n) is 2.13. The minimum absolute atomic E-state index is 0.122. The number of rotatable bonds is 8. The zero-order chi connectivity index (χ0) is 20.1. The summed E-state index contributed by atoms with van der Waals surface area (Å²) in [4.78, 5) is 22.0. The van der Waals surface area contributed by atoms with Gasteiger partial charge < -0.3 is 10.4 Å². The van der Waals surface area contributed by atoms with Gasteiger partial charge in [0, 0.05) is 0 Å². The minimum Gasteiger partial charge on any atom is -0.480 e. The SMILES string of the molecule is CCCC(NC(=O)C(C)NS(=O)(=O)c1ccccc1C(F)(F)F)C(=O)O. The van der Waals surface area contributed by atoms with Gasteiger partial charge in [-0.05, 0) is 25.5 Å². The number of carbonyl (C=O) groups is 2. The van der Waals surface area contributed by atoms with Crippen molar-refractivity contribution in [1.82, 2.24) is 10.0 Å². The zero-order valence-corrected chi connectivity index (χ0v) is 14.8. The van der Waals surface area contributed by atoms with Crippen LogP contribution in [0.1, 0.15) is 32.3 Å². The highest BCUT2D eigenvalue weighted by atomic mass is 32.2. The summed E-state index contributed by atoms with van der Waals surface area (Å²) in [7, 11) is -4.66. The molecule has 1 aromatic carbocycles. The average Bonchev–Trinajstić information content (AvgIpc) is 2.53. The molecule has 0 saturated heterocycles.